The van der Waals surface area contributed by atoms with E-state index < -0.39 is 0 Å². The Balaban J connectivity index is 2.37. The first-order valence-corrected chi connectivity index (χ1v) is 6.80. The maximum Gasteiger partial charge on any atom is 0.150 e. The van der Waals surface area contributed by atoms with Gasteiger partial charge in [0.25, 0.3) is 0 Å². The van der Waals surface area contributed by atoms with Crippen LogP contribution in [0.25, 0.3) is 0 Å². The van der Waals surface area contributed by atoms with Crippen LogP contribution in [0.1, 0.15) is 59.3 Å². The van der Waals surface area contributed by atoms with Gasteiger partial charge >= 0.3 is 0 Å². The summed E-state index contributed by atoms with van der Waals surface area (Å²) in [4.78, 5) is 11.9. The average Bonchev–Trinajstić information content (AvgIpc) is 2.28. The Morgan fingerprint density at radius 1 is 1.19 bits per heavy atom. The molecule has 2 nitrogen and oxygen atoms in total. The van der Waals surface area contributed by atoms with Crippen molar-refractivity contribution in [2.45, 2.75) is 65.3 Å². The quantitative estimate of drug-likeness (QED) is 0.781. The Kier molecular flexibility index (Phi) is 5.47. The largest absolute Gasteiger partial charge is 0.321 e. The summed E-state index contributed by atoms with van der Waals surface area (Å²) in [6.07, 6.45) is 7.38. The van der Waals surface area contributed by atoms with Crippen LogP contribution in [-0.4, -0.2) is 11.8 Å². The lowest BCUT2D eigenvalue weighted by Gasteiger charge is -2.28. The van der Waals surface area contributed by atoms with Crippen molar-refractivity contribution in [2.75, 3.05) is 0 Å². The van der Waals surface area contributed by atoms with Crippen LogP contribution in [-0.2, 0) is 4.79 Å². The monoisotopic (exact) mass is 225 g/mol. The number of Topliss-reactive ketones (excluding diaryl/α,β-unsaturated/α-hetero) is 1. The van der Waals surface area contributed by atoms with Crippen LogP contribution in [0.3, 0.4) is 0 Å². The summed E-state index contributed by atoms with van der Waals surface area (Å²) < 4.78 is 0. The van der Waals surface area contributed by atoms with Crippen molar-refractivity contribution < 1.29 is 4.79 Å². The molecule has 0 aromatic heterocycles. The predicted octanol–water partition coefficient (Wildman–Crippen LogP) is 3.15. The zero-order valence-corrected chi connectivity index (χ0v) is 11.0. The van der Waals surface area contributed by atoms with Crippen molar-refractivity contribution in [3.63, 3.8) is 0 Å². The highest BCUT2D eigenvalue weighted by Crippen LogP contribution is 2.31. The van der Waals surface area contributed by atoms with Gasteiger partial charge in [0.2, 0.25) is 0 Å². The Morgan fingerprint density at radius 2 is 1.75 bits per heavy atom. The summed E-state index contributed by atoms with van der Waals surface area (Å²) in [5.74, 6) is 1.81. The van der Waals surface area contributed by atoms with Crippen LogP contribution < -0.4 is 5.73 Å². The minimum Gasteiger partial charge on any atom is -0.321 e. The average molecular weight is 225 g/mol. The van der Waals surface area contributed by atoms with Crippen molar-refractivity contribution >= 4 is 5.78 Å². The molecule has 16 heavy (non-hydrogen) atoms. The van der Waals surface area contributed by atoms with Gasteiger partial charge in [0.15, 0.2) is 0 Å². The molecule has 0 unspecified atom stereocenters. The molecule has 0 aromatic carbocycles. The van der Waals surface area contributed by atoms with E-state index in [1.807, 2.05) is 13.8 Å². The van der Waals surface area contributed by atoms with Crippen LogP contribution >= 0.6 is 0 Å². The fourth-order valence-electron chi connectivity index (χ4n) is 2.70. The molecule has 94 valence electrons. The van der Waals surface area contributed by atoms with Gasteiger partial charge in [-0.15, -0.1) is 0 Å². The van der Waals surface area contributed by atoms with E-state index in [1.54, 1.807) is 0 Å². The molecule has 0 spiro atoms. The lowest BCUT2D eigenvalue weighted by Crippen LogP contribution is -2.37. The topological polar surface area (TPSA) is 43.1 Å². The molecule has 1 aliphatic carbocycles. The van der Waals surface area contributed by atoms with E-state index in [9.17, 15) is 4.79 Å². The summed E-state index contributed by atoms with van der Waals surface area (Å²) in [7, 11) is 0. The number of carbonyl (C=O) groups excluding carboxylic acids is 1. The molecular weight excluding hydrogens is 198 g/mol. The van der Waals surface area contributed by atoms with E-state index in [4.69, 9.17) is 5.73 Å². The summed E-state index contributed by atoms with van der Waals surface area (Å²) >= 11 is 0. The Bertz CT molecular complexity index is 219. The van der Waals surface area contributed by atoms with Crippen molar-refractivity contribution in [3.8, 4) is 0 Å². The van der Waals surface area contributed by atoms with Gasteiger partial charge in [0.05, 0.1) is 6.04 Å². The maximum absolute atomic E-state index is 11.9. The first-order chi connectivity index (χ1) is 7.52. The van der Waals surface area contributed by atoms with Crippen molar-refractivity contribution in [1.29, 1.82) is 0 Å². The van der Waals surface area contributed by atoms with E-state index in [-0.39, 0.29) is 17.7 Å². The number of rotatable bonds is 5. The van der Waals surface area contributed by atoms with Gasteiger partial charge in [-0.1, -0.05) is 52.9 Å². The number of nitrogens with two attached hydrogens (primary N) is 1. The number of hydrogen-bond donors (Lipinski definition) is 1. The van der Waals surface area contributed by atoms with E-state index in [2.05, 4.69) is 6.92 Å². The number of carbonyl (C=O) groups is 1. The van der Waals surface area contributed by atoms with E-state index in [0.717, 1.165) is 5.92 Å². The summed E-state index contributed by atoms with van der Waals surface area (Å²) in [6, 6.07) is -0.258. The standard InChI is InChI=1S/C14H27NO/c1-10(2)14(15)13(16)9-11(3)12-7-5-4-6-8-12/h10-12,14H,4-9,15H2,1-3H3/t11-,14-/m1/s1. The third kappa shape index (κ3) is 3.89. The zero-order chi connectivity index (χ0) is 12.1. The minimum atomic E-state index is -0.258. The van der Waals surface area contributed by atoms with E-state index >= 15 is 0 Å². The molecule has 2 atom stereocenters. The van der Waals surface area contributed by atoms with Crippen LogP contribution in [0.2, 0.25) is 0 Å². The lowest BCUT2D eigenvalue weighted by atomic mass is 9.78. The molecule has 0 saturated heterocycles. The van der Waals surface area contributed by atoms with Crippen molar-refractivity contribution in [1.82, 2.24) is 0 Å². The number of hydrogen-bond acceptors (Lipinski definition) is 2. The molecule has 0 radical (unpaired) electrons. The van der Waals surface area contributed by atoms with Gasteiger partial charge in [-0.3, -0.25) is 4.79 Å². The lowest BCUT2D eigenvalue weighted by molar-refractivity contribution is -0.122. The highest BCUT2D eigenvalue weighted by molar-refractivity contribution is 5.84. The second-order valence-corrected chi connectivity index (χ2v) is 5.82. The normalized spacial score (nSPS) is 22.1. The SMILES string of the molecule is CC(C)[C@@H](N)C(=O)C[C@@H](C)C1CCCCC1. The molecule has 2 N–H and O–H groups in total. The molecule has 2 heteroatoms. The summed E-state index contributed by atoms with van der Waals surface area (Å²) in [5.41, 5.74) is 5.89. The molecule has 1 fully saturated rings. The highest BCUT2D eigenvalue weighted by atomic mass is 16.1. The first kappa shape index (κ1) is 13.7. The van der Waals surface area contributed by atoms with Gasteiger partial charge in [-0.25, -0.2) is 0 Å². The van der Waals surface area contributed by atoms with Gasteiger partial charge in [0.1, 0.15) is 5.78 Å². The van der Waals surface area contributed by atoms with Gasteiger partial charge in [0, 0.05) is 6.42 Å². The molecule has 1 aliphatic rings. The maximum atomic E-state index is 11.9. The Labute approximate surface area is 100.0 Å². The van der Waals surface area contributed by atoms with Gasteiger partial charge in [-0.05, 0) is 17.8 Å². The molecular formula is C14H27NO. The van der Waals surface area contributed by atoms with Crippen molar-refractivity contribution in [3.05, 3.63) is 0 Å². The smallest absolute Gasteiger partial charge is 0.150 e. The molecule has 0 amide bonds. The van der Waals surface area contributed by atoms with E-state index in [1.165, 1.54) is 32.1 Å². The zero-order valence-electron chi connectivity index (χ0n) is 11.0. The molecule has 0 aromatic rings. The second kappa shape index (κ2) is 6.39. The summed E-state index contributed by atoms with van der Waals surface area (Å²) in [5, 5.41) is 0. The van der Waals surface area contributed by atoms with Gasteiger partial charge in [-0.2, -0.15) is 0 Å². The van der Waals surface area contributed by atoms with Crippen LogP contribution in [0.5, 0.6) is 0 Å². The van der Waals surface area contributed by atoms with Crippen LogP contribution in [0.15, 0.2) is 0 Å². The van der Waals surface area contributed by atoms with E-state index in [0.29, 0.717) is 12.3 Å². The van der Waals surface area contributed by atoms with Crippen LogP contribution in [0.4, 0.5) is 0 Å². The molecule has 1 rings (SSSR count). The van der Waals surface area contributed by atoms with Gasteiger partial charge < -0.3 is 5.73 Å². The van der Waals surface area contributed by atoms with Crippen LogP contribution in [0, 0.1) is 17.8 Å². The minimum absolute atomic E-state index is 0.257. The predicted molar refractivity (Wildman–Crippen MR) is 68.2 cm³/mol. The Morgan fingerprint density at radius 3 is 2.25 bits per heavy atom. The molecule has 0 heterocycles. The van der Waals surface area contributed by atoms with Crippen molar-refractivity contribution in [2.24, 2.45) is 23.5 Å². The third-order valence-corrected chi connectivity index (χ3v) is 4.07. The number of ketones is 1. The highest BCUT2D eigenvalue weighted by Gasteiger charge is 2.25. The molecule has 0 bridgehead atoms. The molecule has 1 saturated carbocycles. The molecule has 0 aliphatic heterocycles. The third-order valence-electron chi connectivity index (χ3n) is 4.07. The Hall–Kier alpha value is -0.370. The summed E-state index contributed by atoms with van der Waals surface area (Å²) in [6.45, 7) is 6.27. The fourth-order valence-corrected chi connectivity index (χ4v) is 2.70. The first-order valence-electron chi connectivity index (χ1n) is 6.80. The second-order valence-electron chi connectivity index (χ2n) is 5.82. The fraction of sp³-hybridized carbons (Fsp3) is 0.929.